The number of benzene rings is 1. The van der Waals surface area contributed by atoms with Crippen LogP contribution >= 0.6 is 0 Å². The fraction of sp³-hybridized carbons (Fsp3) is 0.636. The van der Waals surface area contributed by atoms with E-state index in [2.05, 4.69) is 28.9 Å². The number of carbonyl (C=O) groups is 2. The fourth-order valence-electron chi connectivity index (χ4n) is 4.41. The van der Waals surface area contributed by atoms with Gasteiger partial charge in [-0.15, -0.1) is 0 Å². The lowest BCUT2D eigenvalue weighted by atomic mass is 10.1. The molecule has 0 N–H and O–H groups in total. The van der Waals surface area contributed by atoms with Crippen LogP contribution in [0.15, 0.2) is 24.3 Å². The van der Waals surface area contributed by atoms with Gasteiger partial charge in [0.2, 0.25) is 11.8 Å². The number of hydrogen-bond acceptors (Lipinski definition) is 5. The van der Waals surface area contributed by atoms with E-state index in [1.54, 1.807) is 7.11 Å². The van der Waals surface area contributed by atoms with Crippen molar-refractivity contribution in [1.29, 1.82) is 0 Å². The molecular weight excluding hydrogens is 368 g/mol. The van der Waals surface area contributed by atoms with Gasteiger partial charge in [-0.2, -0.15) is 0 Å². The molecule has 1 atom stereocenters. The topological polar surface area (TPSA) is 56.3 Å². The number of methoxy groups -OCH3 is 1. The summed E-state index contributed by atoms with van der Waals surface area (Å²) in [6, 6.07) is 8.49. The van der Waals surface area contributed by atoms with Crippen LogP contribution in [0.1, 0.15) is 19.8 Å². The first kappa shape index (κ1) is 20.0. The fourth-order valence-corrected chi connectivity index (χ4v) is 4.41. The van der Waals surface area contributed by atoms with E-state index in [1.807, 2.05) is 21.9 Å². The minimum absolute atomic E-state index is 0.186. The van der Waals surface area contributed by atoms with Crippen LogP contribution in [-0.2, 0) is 9.59 Å². The zero-order valence-corrected chi connectivity index (χ0v) is 17.5. The Morgan fingerprint density at radius 1 is 1.03 bits per heavy atom. The van der Waals surface area contributed by atoms with Crippen molar-refractivity contribution in [3.8, 4) is 5.75 Å². The van der Waals surface area contributed by atoms with E-state index in [-0.39, 0.29) is 11.8 Å². The van der Waals surface area contributed by atoms with Crippen molar-refractivity contribution in [2.45, 2.75) is 25.8 Å². The molecule has 3 fully saturated rings. The monoisotopic (exact) mass is 400 g/mol. The van der Waals surface area contributed by atoms with Crippen LogP contribution in [-0.4, -0.2) is 92.0 Å². The molecule has 7 nitrogen and oxygen atoms in total. The van der Waals surface area contributed by atoms with Crippen molar-refractivity contribution in [1.82, 2.24) is 14.7 Å². The second-order valence-electron chi connectivity index (χ2n) is 8.46. The predicted molar refractivity (Wildman–Crippen MR) is 112 cm³/mol. The van der Waals surface area contributed by atoms with Crippen molar-refractivity contribution in [3.05, 3.63) is 24.3 Å². The molecule has 1 aromatic carbocycles. The van der Waals surface area contributed by atoms with E-state index in [9.17, 15) is 9.59 Å². The van der Waals surface area contributed by atoms with Crippen LogP contribution in [0.4, 0.5) is 5.69 Å². The summed E-state index contributed by atoms with van der Waals surface area (Å²) >= 11 is 0. The van der Waals surface area contributed by atoms with Crippen LogP contribution in [0.2, 0.25) is 0 Å². The normalized spacial score (nSPS) is 23.2. The molecule has 2 amide bonds. The SMILES string of the molecule is COc1cccc(N2CCN(CC(=O)N3CCN(C(=O)C4CC4)CC3)C[C@@H]2C)c1. The number of hydrogen-bond donors (Lipinski definition) is 0. The van der Waals surface area contributed by atoms with Gasteiger partial charge in [-0.25, -0.2) is 0 Å². The zero-order valence-electron chi connectivity index (χ0n) is 17.5. The second-order valence-corrected chi connectivity index (χ2v) is 8.46. The molecule has 29 heavy (non-hydrogen) atoms. The second kappa shape index (κ2) is 8.61. The molecule has 0 aromatic heterocycles. The summed E-state index contributed by atoms with van der Waals surface area (Å²) in [5.41, 5.74) is 1.17. The maximum Gasteiger partial charge on any atom is 0.236 e. The largest absolute Gasteiger partial charge is 0.497 e. The molecule has 3 aliphatic rings. The Morgan fingerprint density at radius 2 is 1.76 bits per heavy atom. The van der Waals surface area contributed by atoms with Gasteiger partial charge in [-0.05, 0) is 31.9 Å². The zero-order chi connectivity index (χ0) is 20.4. The summed E-state index contributed by atoms with van der Waals surface area (Å²) in [6.07, 6.45) is 2.08. The number of ether oxygens (including phenoxy) is 1. The molecule has 2 saturated heterocycles. The number of anilines is 1. The number of nitrogens with zero attached hydrogens (tertiary/aromatic N) is 4. The third-order valence-electron chi connectivity index (χ3n) is 6.33. The molecule has 7 heteroatoms. The summed E-state index contributed by atoms with van der Waals surface area (Å²) < 4.78 is 5.35. The first-order valence-electron chi connectivity index (χ1n) is 10.7. The summed E-state index contributed by atoms with van der Waals surface area (Å²) in [5, 5.41) is 0. The lowest BCUT2D eigenvalue weighted by Crippen LogP contribution is -2.56. The van der Waals surface area contributed by atoms with Crippen molar-refractivity contribution in [2.24, 2.45) is 5.92 Å². The van der Waals surface area contributed by atoms with Crippen LogP contribution in [0.25, 0.3) is 0 Å². The summed E-state index contributed by atoms with van der Waals surface area (Å²) in [5.74, 6) is 1.61. The summed E-state index contributed by atoms with van der Waals surface area (Å²) in [4.78, 5) is 33.5. The van der Waals surface area contributed by atoms with Gasteiger partial charge in [-0.3, -0.25) is 14.5 Å². The molecule has 1 saturated carbocycles. The van der Waals surface area contributed by atoms with E-state index < -0.39 is 0 Å². The minimum Gasteiger partial charge on any atom is -0.497 e. The maximum atomic E-state index is 12.8. The molecule has 0 spiro atoms. The number of piperazine rings is 2. The molecule has 0 bridgehead atoms. The van der Waals surface area contributed by atoms with Gasteiger partial charge in [0.15, 0.2) is 0 Å². The van der Waals surface area contributed by atoms with Gasteiger partial charge in [0.05, 0.1) is 13.7 Å². The van der Waals surface area contributed by atoms with Gasteiger partial charge in [-0.1, -0.05) is 6.07 Å². The van der Waals surface area contributed by atoms with E-state index in [1.165, 1.54) is 5.69 Å². The molecule has 158 valence electrons. The molecule has 0 radical (unpaired) electrons. The first-order chi connectivity index (χ1) is 14.0. The van der Waals surface area contributed by atoms with Crippen molar-refractivity contribution < 1.29 is 14.3 Å². The highest BCUT2D eigenvalue weighted by atomic mass is 16.5. The predicted octanol–water partition coefficient (Wildman–Crippen LogP) is 1.29. The Bertz CT molecular complexity index is 743. The van der Waals surface area contributed by atoms with E-state index in [0.29, 0.717) is 44.7 Å². The van der Waals surface area contributed by atoms with Crippen molar-refractivity contribution in [2.75, 3.05) is 64.4 Å². The van der Waals surface area contributed by atoms with Gasteiger partial charge in [0.25, 0.3) is 0 Å². The van der Waals surface area contributed by atoms with Crippen LogP contribution in [0.5, 0.6) is 5.75 Å². The highest BCUT2D eigenvalue weighted by Crippen LogP contribution is 2.31. The number of rotatable bonds is 5. The van der Waals surface area contributed by atoms with Crippen molar-refractivity contribution in [3.63, 3.8) is 0 Å². The lowest BCUT2D eigenvalue weighted by Gasteiger charge is -2.42. The molecule has 2 heterocycles. The van der Waals surface area contributed by atoms with Gasteiger partial charge < -0.3 is 19.4 Å². The average molecular weight is 401 g/mol. The average Bonchev–Trinajstić information content (AvgIpc) is 3.59. The Labute approximate surface area is 173 Å². The van der Waals surface area contributed by atoms with Crippen LogP contribution < -0.4 is 9.64 Å². The third-order valence-corrected chi connectivity index (χ3v) is 6.33. The lowest BCUT2D eigenvalue weighted by molar-refractivity contribution is -0.141. The number of carbonyl (C=O) groups excluding carboxylic acids is 2. The number of amides is 2. The smallest absolute Gasteiger partial charge is 0.236 e. The Balaban J connectivity index is 1.25. The minimum atomic E-state index is 0.186. The van der Waals surface area contributed by atoms with Crippen LogP contribution in [0.3, 0.4) is 0 Å². The Morgan fingerprint density at radius 3 is 2.41 bits per heavy atom. The summed E-state index contributed by atoms with van der Waals surface area (Å²) in [6.45, 7) is 7.99. The van der Waals surface area contributed by atoms with Gasteiger partial charge in [0, 0.05) is 69.5 Å². The maximum absolute atomic E-state index is 12.8. The van der Waals surface area contributed by atoms with Crippen molar-refractivity contribution >= 4 is 17.5 Å². The molecule has 2 aliphatic heterocycles. The van der Waals surface area contributed by atoms with E-state index >= 15 is 0 Å². The molecular formula is C22H32N4O3. The third kappa shape index (κ3) is 4.66. The molecule has 0 unspecified atom stereocenters. The molecule has 1 aliphatic carbocycles. The standard InChI is InChI=1S/C22H32N4O3/c1-17-15-23(8-13-26(17)19-4-3-5-20(14-19)29-2)16-21(27)24-9-11-25(12-10-24)22(28)18-6-7-18/h3-5,14,17-18H,6-13,15-16H2,1-2H3/t17-/m0/s1. The molecule has 1 aromatic rings. The quantitative estimate of drug-likeness (QED) is 0.746. The Hall–Kier alpha value is -2.28. The van der Waals surface area contributed by atoms with Gasteiger partial charge in [0.1, 0.15) is 5.75 Å². The highest BCUT2D eigenvalue weighted by molar-refractivity contribution is 5.82. The van der Waals surface area contributed by atoms with E-state index in [0.717, 1.165) is 38.2 Å². The highest BCUT2D eigenvalue weighted by Gasteiger charge is 2.35. The summed E-state index contributed by atoms with van der Waals surface area (Å²) in [7, 11) is 1.69. The van der Waals surface area contributed by atoms with Crippen LogP contribution in [0, 0.1) is 5.92 Å². The first-order valence-corrected chi connectivity index (χ1v) is 10.7. The Kier molecular flexibility index (Phi) is 5.94. The van der Waals surface area contributed by atoms with Gasteiger partial charge >= 0.3 is 0 Å². The molecule has 4 rings (SSSR count). The van der Waals surface area contributed by atoms with E-state index in [4.69, 9.17) is 4.74 Å².